The molecule has 4 rings (SSSR count). The van der Waals surface area contributed by atoms with Crippen molar-refractivity contribution in [2.75, 3.05) is 26.2 Å². The van der Waals surface area contributed by atoms with Gasteiger partial charge in [-0.2, -0.15) is 0 Å². The summed E-state index contributed by atoms with van der Waals surface area (Å²) in [6, 6.07) is 16.3. The van der Waals surface area contributed by atoms with Crippen LogP contribution in [0.1, 0.15) is 21.9 Å². The second-order valence-corrected chi connectivity index (χ2v) is 7.56. The highest BCUT2D eigenvalue weighted by molar-refractivity contribution is 6.30. The summed E-state index contributed by atoms with van der Waals surface area (Å²) in [6.45, 7) is 4.07. The van der Waals surface area contributed by atoms with Crippen molar-refractivity contribution in [2.45, 2.75) is 13.1 Å². The molecule has 0 aliphatic carbocycles. The number of halogens is 1. The number of benzene rings is 1. The maximum Gasteiger partial charge on any atom is 0.289 e. The number of rotatable bonds is 5. The fourth-order valence-corrected chi connectivity index (χ4v) is 3.58. The lowest BCUT2D eigenvalue weighted by atomic mass is 10.2. The number of nitrogens with zero attached hydrogens (tertiary/aromatic N) is 3. The number of pyridine rings is 1. The summed E-state index contributed by atoms with van der Waals surface area (Å²) in [5, 5.41) is 0.735. The van der Waals surface area contributed by atoms with Crippen molar-refractivity contribution in [3.8, 4) is 0 Å². The molecule has 0 radical (unpaired) electrons. The lowest BCUT2D eigenvalue weighted by Gasteiger charge is -2.34. The molecule has 7 heteroatoms. The highest BCUT2D eigenvalue weighted by atomic mass is 35.5. The van der Waals surface area contributed by atoms with E-state index in [4.69, 9.17) is 16.0 Å². The summed E-state index contributed by atoms with van der Waals surface area (Å²) in [5.41, 5.74) is 1.11. The molecule has 1 aliphatic rings. The summed E-state index contributed by atoms with van der Waals surface area (Å²) in [6.07, 6.45) is 1.70. The van der Waals surface area contributed by atoms with Gasteiger partial charge in [-0.15, -0.1) is 0 Å². The van der Waals surface area contributed by atoms with Gasteiger partial charge in [-0.1, -0.05) is 29.8 Å². The summed E-state index contributed by atoms with van der Waals surface area (Å²) < 4.78 is 7.26. The predicted octanol–water partition coefficient (Wildman–Crippen LogP) is 3.10. The number of carbonyl (C=O) groups is 1. The van der Waals surface area contributed by atoms with Gasteiger partial charge in [0.25, 0.3) is 11.5 Å². The first kappa shape index (κ1) is 19.5. The lowest BCUT2D eigenvalue weighted by Crippen LogP contribution is -2.48. The maximum atomic E-state index is 12.8. The van der Waals surface area contributed by atoms with E-state index in [1.807, 2.05) is 29.2 Å². The molecule has 150 valence electrons. The molecule has 1 aromatic carbocycles. The van der Waals surface area contributed by atoms with Crippen LogP contribution in [0, 0.1) is 0 Å². The first-order chi connectivity index (χ1) is 14.1. The Kier molecular flexibility index (Phi) is 5.83. The molecule has 0 spiro atoms. The minimum Gasteiger partial charge on any atom is -0.454 e. The summed E-state index contributed by atoms with van der Waals surface area (Å²) in [7, 11) is 0. The Morgan fingerprint density at radius 1 is 0.931 bits per heavy atom. The molecule has 2 aromatic heterocycles. The smallest absolute Gasteiger partial charge is 0.289 e. The van der Waals surface area contributed by atoms with E-state index < -0.39 is 0 Å². The number of hydrogen-bond acceptors (Lipinski definition) is 4. The Bertz CT molecular complexity index is 1030. The molecule has 1 saturated heterocycles. The van der Waals surface area contributed by atoms with Crippen molar-refractivity contribution in [3.63, 3.8) is 0 Å². The van der Waals surface area contributed by atoms with Gasteiger partial charge in [-0.3, -0.25) is 14.5 Å². The van der Waals surface area contributed by atoms with Crippen LogP contribution in [0.15, 0.2) is 70.0 Å². The molecule has 3 heterocycles. The molecule has 29 heavy (non-hydrogen) atoms. The van der Waals surface area contributed by atoms with Crippen LogP contribution in [-0.2, 0) is 13.1 Å². The molecule has 0 saturated carbocycles. The molecule has 0 N–H and O–H groups in total. The Labute approximate surface area is 173 Å². The fraction of sp³-hybridized carbons (Fsp3) is 0.273. The van der Waals surface area contributed by atoms with Crippen LogP contribution in [0.2, 0.25) is 5.02 Å². The third kappa shape index (κ3) is 4.78. The summed E-state index contributed by atoms with van der Waals surface area (Å²) in [5.74, 6) is 0.793. The van der Waals surface area contributed by atoms with Gasteiger partial charge in [0.2, 0.25) is 0 Å². The minimum absolute atomic E-state index is 0.103. The molecular weight excluding hydrogens is 390 g/mol. The van der Waals surface area contributed by atoms with Crippen molar-refractivity contribution < 1.29 is 9.21 Å². The van der Waals surface area contributed by atoms with Gasteiger partial charge in [0.1, 0.15) is 5.76 Å². The Morgan fingerprint density at radius 3 is 2.41 bits per heavy atom. The van der Waals surface area contributed by atoms with Crippen molar-refractivity contribution in [1.82, 2.24) is 14.4 Å². The van der Waals surface area contributed by atoms with E-state index in [1.165, 1.54) is 11.6 Å². The molecule has 1 fully saturated rings. The quantitative estimate of drug-likeness (QED) is 0.647. The fourth-order valence-electron chi connectivity index (χ4n) is 3.45. The van der Waals surface area contributed by atoms with Gasteiger partial charge >= 0.3 is 0 Å². The standard InChI is InChI=1S/C22H22ClN3O3/c23-18-6-4-17(5-7-18)15-24-11-13-25(14-12-24)22(28)20-9-8-19(29-20)16-26-10-2-1-3-21(26)27/h1-10H,11-16H2. The molecule has 0 atom stereocenters. The van der Waals surface area contributed by atoms with Crippen molar-refractivity contribution in [2.24, 2.45) is 0 Å². The zero-order valence-electron chi connectivity index (χ0n) is 16.0. The Hall–Kier alpha value is -2.83. The van der Waals surface area contributed by atoms with E-state index in [0.29, 0.717) is 31.2 Å². The highest BCUT2D eigenvalue weighted by Crippen LogP contribution is 2.16. The molecule has 1 aliphatic heterocycles. The van der Waals surface area contributed by atoms with Crippen molar-refractivity contribution >= 4 is 17.5 Å². The average Bonchev–Trinajstić information content (AvgIpc) is 3.20. The molecule has 0 unspecified atom stereocenters. The maximum absolute atomic E-state index is 12.8. The highest BCUT2D eigenvalue weighted by Gasteiger charge is 2.24. The van der Waals surface area contributed by atoms with E-state index in [2.05, 4.69) is 4.90 Å². The third-order valence-corrected chi connectivity index (χ3v) is 5.33. The normalized spacial score (nSPS) is 14.9. The van der Waals surface area contributed by atoms with E-state index >= 15 is 0 Å². The average molecular weight is 412 g/mol. The number of furan rings is 1. The van der Waals surface area contributed by atoms with Crippen LogP contribution in [0.5, 0.6) is 0 Å². The van der Waals surface area contributed by atoms with Gasteiger partial charge in [-0.05, 0) is 35.9 Å². The van der Waals surface area contributed by atoms with Crippen molar-refractivity contribution in [1.29, 1.82) is 0 Å². The number of carbonyl (C=O) groups excluding carboxylic acids is 1. The topological polar surface area (TPSA) is 58.7 Å². The van der Waals surface area contributed by atoms with Gasteiger partial charge in [0.15, 0.2) is 5.76 Å². The van der Waals surface area contributed by atoms with Crippen molar-refractivity contribution in [3.05, 3.63) is 93.3 Å². The van der Waals surface area contributed by atoms with Gasteiger partial charge < -0.3 is 13.9 Å². The summed E-state index contributed by atoms with van der Waals surface area (Å²) >= 11 is 5.94. The van der Waals surface area contributed by atoms with E-state index in [9.17, 15) is 9.59 Å². The van der Waals surface area contributed by atoms with Crippen LogP contribution >= 0.6 is 11.6 Å². The zero-order valence-corrected chi connectivity index (χ0v) is 16.7. The Balaban J connectivity index is 1.33. The first-order valence-corrected chi connectivity index (χ1v) is 9.96. The number of hydrogen-bond donors (Lipinski definition) is 0. The van der Waals surface area contributed by atoms with Gasteiger partial charge in [0, 0.05) is 50.0 Å². The van der Waals surface area contributed by atoms with E-state index in [-0.39, 0.29) is 11.5 Å². The number of aromatic nitrogens is 1. The molecule has 6 nitrogen and oxygen atoms in total. The second-order valence-electron chi connectivity index (χ2n) is 7.13. The minimum atomic E-state index is -0.109. The van der Waals surface area contributed by atoms with Crippen LogP contribution in [0.3, 0.4) is 0 Å². The number of piperazine rings is 1. The third-order valence-electron chi connectivity index (χ3n) is 5.08. The summed E-state index contributed by atoms with van der Waals surface area (Å²) in [4.78, 5) is 28.7. The van der Waals surface area contributed by atoms with E-state index in [1.54, 1.807) is 35.0 Å². The zero-order chi connectivity index (χ0) is 20.2. The first-order valence-electron chi connectivity index (χ1n) is 9.59. The largest absolute Gasteiger partial charge is 0.454 e. The van der Waals surface area contributed by atoms with Crippen LogP contribution in [-0.4, -0.2) is 46.5 Å². The van der Waals surface area contributed by atoms with Gasteiger partial charge in [0.05, 0.1) is 6.54 Å². The van der Waals surface area contributed by atoms with Crippen LogP contribution in [0.4, 0.5) is 0 Å². The molecule has 0 bridgehead atoms. The second kappa shape index (κ2) is 8.68. The lowest BCUT2D eigenvalue weighted by molar-refractivity contribution is 0.0596. The van der Waals surface area contributed by atoms with Gasteiger partial charge in [-0.25, -0.2) is 0 Å². The van der Waals surface area contributed by atoms with Crippen LogP contribution in [0.25, 0.3) is 0 Å². The molecular formula is C22H22ClN3O3. The molecule has 3 aromatic rings. The number of amides is 1. The van der Waals surface area contributed by atoms with Crippen LogP contribution < -0.4 is 5.56 Å². The Morgan fingerprint density at radius 2 is 1.69 bits per heavy atom. The molecule has 1 amide bonds. The monoisotopic (exact) mass is 411 g/mol. The SMILES string of the molecule is O=C(c1ccc(Cn2ccccc2=O)o1)N1CCN(Cc2ccc(Cl)cc2)CC1. The predicted molar refractivity (Wildman–Crippen MR) is 111 cm³/mol. The van der Waals surface area contributed by atoms with E-state index in [0.717, 1.165) is 24.7 Å².